The predicted octanol–water partition coefficient (Wildman–Crippen LogP) is 4.69. The second kappa shape index (κ2) is 8.03. The third-order valence-corrected chi connectivity index (χ3v) is 4.07. The Kier molecular flexibility index (Phi) is 5.56. The first-order chi connectivity index (χ1) is 12.2. The summed E-state index contributed by atoms with van der Waals surface area (Å²) >= 11 is 6.22. The molecule has 1 heterocycles. The van der Waals surface area contributed by atoms with Crippen molar-refractivity contribution in [1.29, 1.82) is 0 Å². The summed E-state index contributed by atoms with van der Waals surface area (Å²) in [5.74, 6) is 2.11. The summed E-state index contributed by atoms with van der Waals surface area (Å²) in [6.45, 7) is 5.58. The van der Waals surface area contributed by atoms with Gasteiger partial charge in [0, 0.05) is 23.0 Å². The molecule has 0 atom stereocenters. The second-order valence-corrected chi connectivity index (χ2v) is 5.76. The second-order valence-electron chi connectivity index (χ2n) is 5.35. The zero-order chi connectivity index (χ0) is 17.6. The van der Waals surface area contributed by atoms with Crippen LogP contribution in [0.1, 0.15) is 19.4 Å². The summed E-state index contributed by atoms with van der Waals surface area (Å²) < 4.78 is 11.4. The Balaban J connectivity index is 1.95. The maximum atomic E-state index is 6.22. The lowest BCUT2D eigenvalue weighted by Gasteiger charge is -2.14. The summed E-state index contributed by atoms with van der Waals surface area (Å²) in [5.41, 5.74) is 1.80. The zero-order valence-corrected chi connectivity index (χ0v) is 15.0. The number of fused-ring (bicyclic) bond motifs is 1. The van der Waals surface area contributed by atoms with Crippen molar-refractivity contribution in [3.8, 4) is 11.5 Å². The van der Waals surface area contributed by atoms with Crippen LogP contribution in [0.15, 0.2) is 42.7 Å². The smallest absolute Gasteiger partial charge is 0.163 e. The average molecular weight is 358 g/mol. The van der Waals surface area contributed by atoms with Gasteiger partial charge in [-0.15, -0.1) is 0 Å². The van der Waals surface area contributed by atoms with E-state index in [1.165, 1.54) is 6.33 Å². The lowest BCUT2D eigenvalue weighted by molar-refractivity contribution is 0.288. The molecule has 25 heavy (non-hydrogen) atoms. The van der Waals surface area contributed by atoms with Crippen molar-refractivity contribution in [2.45, 2.75) is 20.4 Å². The number of hydrogen-bond acceptors (Lipinski definition) is 5. The van der Waals surface area contributed by atoms with Crippen LogP contribution in [0.3, 0.4) is 0 Å². The van der Waals surface area contributed by atoms with E-state index in [0.29, 0.717) is 31.3 Å². The fraction of sp³-hybridized carbons (Fsp3) is 0.263. The van der Waals surface area contributed by atoms with Crippen molar-refractivity contribution in [3.63, 3.8) is 0 Å². The number of rotatable bonds is 7. The highest BCUT2D eigenvalue weighted by molar-refractivity contribution is 6.31. The molecule has 0 fully saturated rings. The van der Waals surface area contributed by atoms with Gasteiger partial charge in [-0.25, -0.2) is 9.97 Å². The highest BCUT2D eigenvalue weighted by Crippen LogP contribution is 2.34. The van der Waals surface area contributed by atoms with Crippen molar-refractivity contribution in [1.82, 2.24) is 9.97 Å². The van der Waals surface area contributed by atoms with Crippen molar-refractivity contribution in [2.75, 3.05) is 18.5 Å². The molecule has 6 heteroatoms. The number of benzene rings is 2. The van der Waals surface area contributed by atoms with Crippen LogP contribution < -0.4 is 14.8 Å². The number of nitrogens with zero attached hydrogens (tertiary/aromatic N) is 2. The Morgan fingerprint density at radius 3 is 2.44 bits per heavy atom. The Bertz CT molecular complexity index is 870. The van der Waals surface area contributed by atoms with E-state index in [4.69, 9.17) is 21.1 Å². The number of halogens is 1. The molecule has 0 radical (unpaired) electrons. The molecule has 0 aliphatic rings. The lowest BCUT2D eigenvalue weighted by atomic mass is 10.2. The highest BCUT2D eigenvalue weighted by Gasteiger charge is 2.12. The van der Waals surface area contributed by atoms with E-state index in [0.717, 1.165) is 27.3 Å². The Morgan fingerprint density at radius 2 is 1.72 bits per heavy atom. The summed E-state index contributed by atoms with van der Waals surface area (Å²) in [4.78, 5) is 8.71. The monoisotopic (exact) mass is 357 g/mol. The molecule has 0 aliphatic heterocycles. The molecule has 5 nitrogen and oxygen atoms in total. The third-order valence-electron chi connectivity index (χ3n) is 3.70. The average Bonchev–Trinajstić information content (AvgIpc) is 2.62. The summed E-state index contributed by atoms with van der Waals surface area (Å²) in [6, 6.07) is 11.5. The van der Waals surface area contributed by atoms with Gasteiger partial charge in [-0.05, 0) is 31.5 Å². The van der Waals surface area contributed by atoms with Crippen LogP contribution in [0.4, 0.5) is 5.82 Å². The molecule has 1 N–H and O–H groups in total. The van der Waals surface area contributed by atoms with Gasteiger partial charge < -0.3 is 14.8 Å². The van der Waals surface area contributed by atoms with E-state index < -0.39 is 0 Å². The van der Waals surface area contributed by atoms with Crippen molar-refractivity contribution >= 4 is 28.3 Å². The highest BCUT2D eigenvalue weighted by atomic mass is 35.5. The van der Waals surface area contributed by atoms with E-state index in [-0.39, 0.29) is 0 Å². The van der Waals surface area contributed by atoms with E-state index in [1.54, 1.807) is 0 Å². The molecule has 1 aromatic heterocycles. The number of hydrogen-bond donors (Lipinski definition) is 1. The normalized spacial score (nSPS) is 10.7. The number of nitrogens with one attached hydrogen (secondary N) is 1. The minimum absolute atomic E-state index is 0.557. The molecule has 3 aromatic rings. The van der Waals surface area contributed by atoms with Gasteiger partial charge in [0.2, 0.25) is 0 Å². The molecule has 0 amide bonds. The van der Waals surface area contributed by atoms with Crippen LogP contribution in [0.25, 0.3) is 10.9 Å². The van der Waals surface area contributed by atoms with E-state index in [9.17, 15) is 0 Å². The molecular weight excluding hydrogens is 338 g/mol. The van der Waals surface area contributed by atoms with Gasteiger partial charge in [0.25, 0.3) is 0 Å². The van der Waals surface area contributed by atoms with Crippen LogP contribution in [-0.4, -0.2) is 23.2 Å². The molecule has 0 unspecified atom stereocenters. The van der Waals surface area contributed by atoms with Crippen LogP contribution in [0.2, 0.25) is 5.02 Å². The Labute approximate surface area is 152 Å². The Hall–Kier alpha value is -2.53. The summed E-state index contributed by atoms with van der Waals surface area (Å²) in [5, 5.41) is 4.93. The maximum absolute atomic E-state index is 6.22. The lowest BCUT2D eigenvalue weighted by Crippen LogP contribution is -2.04. The van der Waals surface area contributed by atoms with Gasteiger partial charge in [-0.2, -0.15) is 0 Å². The quantitative estimate of drug-likeness (QED) is 0.664. The van der Waals surface area contributed by atoms with Crippen LogP contribution >= 0.6 is 11.6 Å². The molecular formula is C19H20ClN3O2. The Morgan fingerprint density at radius 1 is 1.00 bits per heavy atom. The minimum Gasteiger partial charge on any atom is -0.490 e. The van der Waals surface area contributed by atoms with Gasteiger partial charge in [0.05, 0.1) is 18.7 Å². The molecule has 3 rings (SSSR count). The largest absolute Gasteiger partial charge is 0.490 e. The van der Waals surface area contributed by atoms with Crippen LogP contribution in [-0.2, 0) is 6.54 Å². The van der Waals surface area contributed by atoms with Gasteiger partial charge in [-0.1, -0.05) is 29.8 Å². The van der Waals surface area contributed by atoms with Gasteiger partial charge >= 0.3 is 0 Å². The molecule has 130 valence electrons. The molecule has 0 aliphatic carbocycles. The van der Waals surface area contributed by atoms with Gasteiger partial charge in [0.15, 0.2) is 11.5 Å². The third kappa shape index (κ3) is 3.94. The first-order valence-corrected chi connectivity index (χ1v) is 8.62. The molecule has 0 spiro atoms. The van der Waals surface area contributed by atoms with E-state index in [1.807, 2.05) is 50.2 Å². The first kappa shape index (κ1) is 17.3. The predicted molar refractivity (Wildman–Crippen MR) is 101 cm³/mol. The fourth-order valence-corrected chi connectivity index (χ4v) is 2.76. The SMILES string of the molecule is CCOc1cc2ncnc(NCc3ccccc3Cl)c2cc1OCC. The van der Waals surface area contributed by atoms with Crippen molar-refractivity contribution < 1.29 is 9.47 Å². The minimum atomic E-state index is 0.557. The first-order valence-electron chi connectivity index (χ1n) is 8.24. The van der Waals surface area contributed by atoms with Gasteiger partial charge in [0.1, 0.15) is 12.1 Å². The van der Waals surface area contributed by atoms with Gasteiger partial charge in [-0.3, -0.25) is 0 Å². The van der Waals surface area contributed by atoms with Crippen LogP contribution in [0, 0.1) is 0 Å². The molecule has 0 saturated carbocycles. The number of anilines is 1. The topological polar surface area (TPSA) is 56.3 Å². The molecule has 0 saturated heterocycles. The van der Waals surface area contributed by atoms with E-state index in [2.05, 4.69) is 15.3 Å². The standard InChI is InChI=1S/C19H20ClN3O2/c1-3-24-17-9-14-16(10-18(17)25-4-2)22-12-23-19(14)21-11-13-7-5-6-8-15(13)20/h5-10,12H,3-4,11H2,1-2H3,(H,21,22,23). The number of aromatic nitrogens is 2. The van der Waals surface area contributed by atoms with Crippen LogP contribution in [0.5, 0.6) is 11.5 Å². The number of ether oxygens (including phenoxy) is 2. The molecule has 2 aromatic carbocycles. The maximum Gasteiger partial charge on any atom is 0.163 e. The van der Waals surface area contributed by atoms with Crippen molar-refractivity contribution in [3.05, 3.63) is 53.3 Å². The fourth-order valence-electron chi connectivity index (χ4n) is 2.56. The summed E-state index contributed by atoms with van der Waals surface area (Å²) in [6.07, 6.45) is 1.54. The zero-order valence-electron chi connectivity index (χ0n) is 14.3. The van der Waals surface area contributed by atoms with E-state index >= 15 is 0 Å². The summed E-state index contributed by atoms with van der Waals surface area (Å²) in [7, 11) is 0. The van der Waals surface area contributed by atoms with Crippen molar-refractivity contribution in [2.24, 2.45) is 0 Å². The molecule has 0 bridgehead atoms.